The van der Waals surface area contributed by atoms with Crippen molar-refractivity contribution < 1.29 is 23.9 Å². The van der Waals surface area contributed by atoms with E-state index in [4.69, 9.17) is 14.3 Å². The summed E-state index contributed by atoms with van der Waals surface area (Å²) >= 11 is 0. The second-order valence-electron chi connectivity index (χ2n) is 11.8. The highest BCUT2D eigenvalue weighted by atomic mass is 16.5. The highest BCUT2D eigenvalue weighted by Crippen LogP contribution is 2.66. The molecule has 3 heteroatoms. The zero-order valence-electron chi connectivity index (χ0n) is 27.3. The molecular formula is C29H46O3. The lowest BCUT2D eigenvalue weighted by Crippen LogP contribution is -2.53. The Labute approximate surface area is 206 Å². The van der Waals surface area contributed by atoms with Crippen molar-refractivity contribution in [3.8, 4) is 0 Å². The minimum Gasteiger partial charge on any atom is -0.462 e. The Morgan fingerprint density at radius 2 is 1.97 bits per heavy atom. The molecule has 0 spiro atoms. The Morgan fingerprint density at radius 1 is 1.19 bits per heavy atom. The number of rotatable bonds is 6. The highest BCUT2D eigenvalue weighted by molar-refractivity contribution is 5.94. The molecule has 0 N–H and O–H groups in total. The van der Waals surface area contributed by atoms with Crippen LogP contribution in [-0.2, 0) is 14.3 Å². The first-order valence-electron chi connectivity index (χ1n) is 16.3. The van der Waals surface area contributed by atoms with Gasteiger partial charge in [-0.15, -0.1) is 0 Å². The molecule has 0 amide bonds. The average molecular weight is 450 g/mol. The molecule has 3 saturated carbocycles. The maximum absolute atomic E-state index is 13.7. The van der Waals surface area contributed by atoms with Gasteiger partial charge in [-0.3, -0.25) is 9.59 Å². The van der Waals surface area contributed by atoms with Gasteiger partial charge in [0, 0.05) is 28.9 Å². The second-order valence-corrected chi connectivity index (χ2v) is 11.8. The van der Waals surface area contributed by atoms with Gasteiger partial charge in [0.15, 0.2) is 5.78 Å². The lowest BCUT2D eigenvalue weighted by atomic mass is 9.46. The molecule has 3 nitrogen and oxygen atoms in total. The maximum atomic E-state index is 13.7. The van der Waals surface area contributed by atoms with Crippen LogP contribution in [0.4, 0.5) is 0 Å². The van der Waals surface area contributed by atoms with Gasteiger partial charge in [0.25, 0.3) is 0 Å². The number of ether oxygens (including phenoxy) is 1. The third-order valence-electron chi connectivity index (χ3n) is 10.1. The summed E-state index contributed by atoms with van der Waals surface area (Å²) < 4.78 is 60.0. The number of fused-ring (bicyclic) bond motifs is 5. The van der Waals surface area contributed by atoms with Crippen molar-refractivity contribution in [2.75, 3.05) is 0 Å². The smallest absolute Gasteiger partial charge is 0.302 e. The van der Waals surface area contributed by atoms with E-state index >= 15 is 0 Å². The molecule has 4 aliphatic carbocycles. The molecule has 4 rings (SSSR count). The van der Waals surface area contributed by atoms with Crippen LogP contribution >= 0.6 is 0 Å². The van der Waals surface area contributed by atoms with Crippen molar-refractivity contribution >= 4 is 11.8 Å². The maximum Gasteiger partial charge on any atom is 0.302 e. The molecule has 32 heavy (non-hydrogen) atoms. The van der Waals surface area contributed by atoms with E-state index in [2.05, 4.69) is 20.8 Å². The van der Waals surface area contributed by atoms with Gasteiger partial charge < -0.3 is 4.74 Å². The van der Waals surface area contributed by atoms with Gasteiger partial charge in [-0.1, -0.05) is 59.3 Å². The van der Waals surface area contributed by atoms with Crippen LogP contribution in [0.25, 0.3) is 0 Å². The van der Waals surface area contributed by atoms with Crippen molar-refractivity contribution in [1.29, 1.82) is 0 Å². The molecule has 0 radical (unpaired) electrons. The molecule has 0 aliphatic heterocycles. The molecule has 0 aromatic rings. The third-order valence-corrected chi connectivity index (χ3v) is 10.1. The predicted octanol–water partition coefficient (Wildman–Crippen LogP) is 7.14. The summed E-state index contributed by atoms with van der Waals surface area (Å²) in [5.74, 6) is -1.24. The van der Waals surface area contributed by atoms with Crippen molar-refractivity contribution in [1.82, 2.24) is 0 Å². The van der Waals surface area contributed by atoms with Crippen LogP contribution in [0.3, 0.4) is 0 Å². The molecule has 0 saturated heterocycles. The van der Waals surface area contributed by atoms with Crippen LogP contribution in [0.2, 0.25) is 0 Å². The van der Waals surface area contributed by atoms with Gasteiger partial charge in [0.2, 0.25) is 0 Å². The quantitative estimate of drug-likeness (QED) is 0.405. The number of ketones is 1. The predicted molar refractivity (Wildman–Crippen MR) is 129 cm³/mol. The van der Waals surface area contributed by atoms with Gasteiger partial charge >= 0.3 is 5.97 Å². The van der Waals surface area contributed by atoms with E-state index in [9.17, 15) is 9.59 Å². The fraction of sp³-hybridized carbons (Fsp3) is 0.862. The number of hydrogen-bond donors (Lipinski definition) is 0. The Kier molecular flexibility index (Phi) is 4.59. The van der Waals surface area contributed by atoms with Crippen molar-refractivity contribution in [2.45, 2.75) is 112 Å². The molecule has 3 fully saturated rings. The standard InChI is InChI=1S/C29H46O3/c1-18(2)8-7-9-19(3)23-10-11-24-27-25(13-15-29(23,24)6)28(5)14-12-22(32-20(4)30)16-21(28)17-26(27)31/h17-19,22-25,27H,7-16H2,1-6H3/t19-,22+,23?,24+,25+,27+,28+,29-/m1/s1/i1D3,2D3,18D. The molecular weight excluding hydrogens is 396 g/mol. The van der Waals surface area contributed by atoms with Crippen molar-refractivity contribution in [3.05, 3.63) is 11.6 Å². The van der Waals surface area contributed by atoms with Crippen molar-refractivity contribution in [3.63, 3.8) is 0 Å². The first-order chi connectivity index (χ1) is 17.8. The first kappa shape index (κ1) is 16.5. The Bertz CT molecular complexity index is 988. The van der Waals surface area contributed by atoms with Crippen LogP contribution in [0.15, 0.2) is 11.6 Å². The summed E-state index contributed by atoms with van der Waals surface area (Å²) in [6.07, 6.45) is 9.09. The summed E-state index contributed by atoms with van der Waals surface area (Å²) in [7, 11) is 0. The van der Waals surface area contributed by atoms with Crippen molar-refractivity contribution in [2.24, 2.45) is 46.3 Å². The summed E-state index contributed by atoms with van der Waals surface area (Å²) in [5, 5.41) is 0. The molecule has 0 aromatic carbocycles. The van der Waals surface area contributed by atoms with Gasteiger partial charge in [-0.2, -0.15) is 0 Å². The van der Waals surface area contributed by atoms with E-state index in [0.29, 0.717) is 37.0 Å². The lowest BCUT2D eigenvalue weighted by molar-refractivity contribution is -0.149. The SMILES string of the molecule is [2H]C([2H])([2H])C([2H])(CCC[C@@H](C)C1CC[C@H]2[C@@H]3C(=O)C=C4C[C@@H](OC(C)=O)CC[C@]4(C)[C@H]3CC[C@]12C)C([2H])([2H])[2H]. The van der Waals surface area contributed by atoms with Gasteiger partial charge in [0.1, 0.15) is 6.10 Å². The molecule has 0 aromatic heterocycles. The monoisotopic (exact) mass is 449 g/mol. The molecule has 4 aliphatic rings. The summed E-state index contributed by atoms with van der Waals surface area (Å²) in [5.41, 5.74) is 1.13. The van der Waals surface area contributed by atoms with Gasteiger partial charge in [-0.25, -0.2) is 0 Å². The zero-order chi connectivity index (χ0) is 29.2. The zero-order valence-corrected chi connectivity index (χ0v) is 20.3. The summed E-state index contributed by atoms with van der Waals surface area (Å²) in [4.78, 5) is 25.2. The van der Waals surface area contributed by atoms with E-state index < -0.39 is 19.6 Å². The Morgan fingerprint density at radius 3 is 2.69 bits per heavy atom. The van der Waals surface area contributed by atoms with Crippen LogP contribution in [0, 0.1) is 46.3 Å². The largest absolute Gasteiger partial charge is 0.462 e. The first-order valence-corrected chi connectivity index (χ1v) is 12.8. The van der Waals surface area contributed by atoms with Gasteiger partial charge in [0.05, 0.1) is 0 Å². The average Bonchev–Trinajstić information content (AvgIpc) is 3.15. The van der Waals surface area contributed by atoms with Crippen LogP contribution in [-0.4, -0.2) is 17.9 Å². The number of carbonyl (C=O) groups is 2. The molecule has 8 atom stereocenters. The molecule has 0 heterocycles. The van der Waals surface area contributed by atoms with Crippen LogP contribution in [0.5, 0.6) is 0 Å². The minimum absolute atomic E-state index is 0.00647. The topological polar surface area (TPSA) is 43.4 Å². The highest BCUT2D eigenvalue weighted by Gasteiger charge is 2.61. The number of carbonyl (C=O) groups excluding carboxylic acids is 2. The Hall–Kier alpha value is -1.12. The summed E-state index contributed by atoms with van der Waals surface area (Å²) in [6.45, 7) is 2.53. The van der Waals surface area contributed by atoms with Gasteiger partial charge in [-0.05, 0) is 85.0 Å². The molecule has 180 valence electrons. The number of allylic oxidation sites excluding steroid dienone is 1. The van der Waals surface area contributed by atoms with E-state index in [-0.39, 0.29) is 46.9 Å². The van der Waals surface area contributed by atoms with Crippen LogP contribution in [0.1, 0.15) is 115 Å². The van der Waals surface area contributed by atoms with E-state index in [0.717, 1.165) is 44.1 Å². The minimum atomic E-state index is -2.87. The number of hydrogen-bond acceptors (Lipinski definition) is 3. The van der Waals surface area contributed by atoms with E-state index in [1.807, 2.05) is 6.08 Å². The fourth-order valence-corrected chi connectivity index (χ4v) is 8.48. The van der Waals surface area contributed by atoms with Crippen LogP contribution < -0.4 is 0 Å². The normalized spacial score (nSPS) is 46.4. The fourth-order valence-electron chi connectivity index (χ4n) is 8.48. The van der Waals surface area contributed by atoms with E-state index in [1.165, 1.54) is 6.92 Å². The Balaban J connectivity index is 1.47. The summed E-state index contributed by atoms with van der Waals surface area (Å²) in [6, 6.07) is 0. The molecule has 1 unspecified atom stereocenters. The number of esters is 1. The third kappa shape index (κ3) is 4.11. The van der Waals surface area contributed by atoms with E-state index in [1.54, 1.807) is 0 Å². The second kappa shape index (κ2) is 8.91. The lowest BCUT2D eigenvalue weighted by Gasteiger charge is -2.57. The molecule has 0 bridgehead atoms.